The summed E-state index contributed by atoms with van der Waals surface area (Å²) in [6.07, 6.45) is 0. The van der Waals surface area contributed by atoms with Crippen molar-refractivity contribution in [3.8, 4) is 17.6 Å². The van der Waals surface area contributed by atoms with Gasteiger partial charge in [-0.3, -0.25) is 4.72 Å². The van der Waals surface area contributed by atoms with Gasteiger partial charge in [0, 0.05) is 5.69 Å². The van der Waals surface area contributed by atoms with Gasteiger partial charge in [0.15, 0.2) is 0 Å². The first-order chi connectivity index (χ1) is 12.5. The van der Waals surface area contributed by atoms with E-state index in [2.05, 4.69) is 4.72 Å². The molecule has 130 valence electrons. The van der Waals surface area contributed by atoms with Crippen LogP contribution in [0.1, 0.15) is 11.1 Å². The summed E-state index contributed by atoms with van der Waals surface area (Å²) in [5.41, 5.74) is 1.49. The van der Waals surface area contributed by atoms with Gasteiger partial charge in [0.25, 0.3) is 10.0 Å². The van der Waals surface area contributed by atoms with Crippen molar-refractivity contribution in [3.05, 3.63) is 83.9 Å². The number of sulfonamides is 1. The second kappa shape index (κ2) is 7.30. The highest BCUT2D eigenvalue weighted by Crippen LogP contribution is 2.26. The molecule has 0 aliphatic carbocycles. The molecule has 0 aliphatic rings. The predicted octanol–water partition coefficient (Wildman–Crippen LogP) is 4.46. The molecule has 1 N–H and O–H groups in total. The van der Waals surface area contributed by atoms with Crippen molar-refractivity contribution in [2.75, 3.05) is 4.72 Å². The van der Waals surface area contributed by atoms with Crippen molar-refractivity contribution in [2.45, 2.75) is 11.8 Å². The molecular formula is C20H16N2O3S. The Balaban J connectivity index is 1.79. The average molecular weight is 364 g/mol. The topological polar surface area (TPSA) is 79.2 Å². The number of anilines is 1. The molecule has 26 heavy (non-hydrogen) atoms. The predicted molar refractivity (Wildman–Crippen MR) is 99.7 cm³/mol. The van der Waals surface area contributed by atoms with Gasteiger partial charge in [0.1, 0.15) is 22.5 Å². The molecule has 3 aromatic carbocycles. The van der Waals surface area contributed by atoms with Crippen molar-refractivity contribution in [1.29, 1.82) is 5.26 Å². The highest BCUT2D eigenvalue weighted by atomic mass is 32.2. The van der Waals surface area contributed by atoms with Crippen molar-refractivity contribution in [3.63, 3.8) is 0 Å². The summed E-state index contributed by atoms with van der Waals surface area (Å²) in [5.74, 6) is 1.34. The molecule has 0 unspecified atom stereocenters. The molecule has 0 amide bonds. The van der Waals surface area contributed by atoms with Crippen LogP contribution in [0.3, 0.4) is 0 Å². The molecule has 3 aromatic rings. The molecule has 0 radical (unpaired) electrons. The van der Waals surface area contributed by atoms with Gasteiger partial charge in [0.2, 0.25) is 0 Å². The van der Waals surface area contributed by atoms with Crippen LogP contribution in [-0.2, 0) is 10.0 Å². The molecule has 0 heterocycles. The Morgan fingerprint density at radius 2 is 1.58 bits per heavy atom. The molecule has 6 heteroatoms. The van der Waals surface area contributed by atoms with Crippen LogP contribution in [0.5, 0.6) is 11.5 Å². The van der Waals surface area contributed by atoms with Gasteiger partial charge in [-0.15, -0.1) is 0 Å². The third kappa shape index (κ3) is 3.85. The summed E-state index contributed by atoms with van der Waals surface area (Å²) in [6, 6.07) is 22.2. The highest BCUT2D eigenvalue weighted by Gasteiger charge is 2.18. The minimum atomic E-state index is -3.85. The molecule has 0 fully saturated rings. The normalized spacial score (nSPS) is 10.8. The molecule has 0 bridgehead atoms. The lowest BCUT2D eigenvalue weighted by molar-refractivity contribution is 0.479. The molecular weight excluding hydrogens is 348 g/mol. The summed E-state index contributed by atoms with van der Waals surface area (Å²) in [4.78, 5) is -0.0530. The fourth-order valence-electron chi connectivity index (χ4n) is 2.39. The second-order valence-electron chi connectivity index (χ2n) is 5.61. The minimum Gasteiger partial charge on any atom is -0.457 e. The van der Waals surface area contributed by atoms with E-state index in [0.717, 1.165) is 11.3 Å². The first-order valence-electron chi connectivity index (χ1n) is 7.85. The number of hydrogen-bond donors (Lipinski definition) is 1. The Hall–Kier alpha value is -3.30. The second-order valence-corrected chi connectivity index (χ2v) is 7.26. The lowest BCUT2D eigenvalue weighted by atomic mass is 10.2. The van der Waals surface area contributed by atoms with Crippen LogP contribution in [0.25, 0.3) is 0 Å². The molecule has 3 rings (SSSR count). The standard InChI is InChI=1S/C20H16N2O3S/c1-15-6-2-4-8-19(15)25-18-12-10-17(11-13-18)22-26(23,24)20-9-5-3-7-16(20)14-21/h2-13,22H,1H3. The Bertz CT molecular complexity index is 1070. The van der Waals surface area contributed by atoms with E-state index in [1.807, 2.05) is 37.3 Å². The first-order valence-corrected chi connectivity index (χ1v) is 9.33. The summed E-state index contributed by atoms with van der Waals surface area (Å²) in [5, 5.41) is 9.09. The van der Waals surface area contributed by atoms with Gasteiger partial charge in [-0.25, -0.2) is 8.42 Å². The largest absolute Gasteiger partial charge is 0.457 e. The fourth-order valence-corrected chi connectivity index (χ4v) is 3.61. The van der Waals surface area contributed by atoms with Crippen molar-refractivity contribution in [1.82, 2.24) is 0 Å². The third-order valence-corrected chi connectivity index (χ3v) is 5.16. The van der Waals surface area contributed by atoms with Crippen LogP contribution in [0.2, 0.25) is 0 Å². The molecule has 0 atom stereocenters. The minimum absolute atomic E-state index is 0.0530. The first kappa shape index (κ1) is 17.5. The van der Waals surface area contributed by atoms with E-state index >= 15 is 0 Å². The number of para-hydroxylation sites is 1. The van der Waals surface area contributed by atoms with E-state index in [4.69, 9.17) is 10.00 Å². The van der Waals surface area contributed by atoms with E-state index in [9.17, 15) is 8.42 Å². The lowest BCUT2D eigenvalue weighted by Gasteiger charge is -2.11. The van der Waals surface area contributed by atoms with Gasteiger partial charge in [-0.05, 0) is 55.0 Å². The maximum Gasteiger partial charge on any atom is 0.263 e. The number of nitrogens with zero attached hydrogens (tertiary/aromatic N) is 1. The maximum atomic E-state index is 12.5. The number of benzene rings is 3. The zero-order valence-electron chi connectivity index (χ0n) is 14.0. The van der Waals surface area contributed by atoms with Crippen molar-refractivity contribution in [2.24, 2.45) is 0 Å². The van der Waals surface area contributed by atoms with E-state index in [0.29, 0.717) is 11.4 Å². The number of hydrogen-bond acceptors (Lipinski definition) is 4. The lowest BCUT2D eigenvalue weighted by Crippen LogP contribution is -2.14. The molecule has 0 aliphatic heterocycles. The van der Waals surface area contributed by atoms with E-state index < -0.39 is 10.0 Å². The average Bonchev–Trinajstić information content (AvgIpc) is 2.65. The van der Waals surface area contributed by atoms with Crippen LogP contribution in [0.4, 0.5) is 5.69 Å². The van der Waals surface area contributed by atoms with Crippen LogP contribution >= 0.6 is 0 Å². The monoisotopic (exact) mass is 364 g/mol. The van der Waals surface area contributed by atoms with Crippen LogP contribution in [0, 0.1) is 18.3 Å². The highest BCUT2D eigenvalue weighted by molar-refractivity contribution is 7.92. The van der Waals surface area contributed by atoms with Crippen LogP contribution < -0.4 is 9.46 Å². The Kier molecular flexibility index (Phi) is 4.92. The number of ether oxygens (including phenoxy) is 1. The Morgan fingerprint density at radius 3 is 2.27 bits per heavy atom. The van der Waals surface area contributed by atoms with E-state index in [-0.39, 0.29) is 10.5 Å². The Morgan fingerprint density at radius 1 is 0.923 bits per heavy atom. The van der Waals surface area contributed by atoms with Gasteiger partial charge >= 0.3 is 0 Å². The quantitative estimate of drug-likeness (QED) is 0.725. The van der Waals surface area contributed by atoms with Crippen molar-refractivity contribution >= 4 is 15.7 Å². The summed E-state index contributed by atoms with van der Waals surface area (Å²) >= 11 is 0. The van der Waals surface area contributed by atoms with Crippen LogP contribution in [0.15, 0.2) is 77.7 Å². The van der Waals surface area contributed by atoms with E-state index in [1.165, 1.54) is 12.1 Å². The molecule has 5 nitrogen and oxygen atoms in total. The van der Waals surface area contributed by atoms with Gasteiger partial charge in [0.05, 0.1) is 5.56 Å². The van der Waals surface area contributed by atoms with Crippen LogP contribution in [-0.4, -0.2) is 8.42 Å². The smallest absolute Gasteiger partial charge is 0.263 e. The Labute approximate surface area is 152 Å². The SMILES string of the molecule is Cc1ccccc1Oc1ccc(NS(=O)(=O)c2ccccc2C#N)cc1. The molecule has 0 saturated carbocycles. The number of rotatable bonds is 5. The summed E-state index contributed by atoms with van der Waals surface area (Å²) in [7, 11) is -3.85. The maximum absolute atomic E-state index is 12.5. The van der Waals surface area contributed by atoms with Gasteiger partial charge in [-0.2, -0.15) is 5.26 Å². The number of aryl methyl sites for hydroxylation is 1. The number of nitriles is 1. The fraction of sp³-hybridized carbons (Fsp3) is 0.0500. The zero-order chi connectivity index (χ0) is 18.6. The van der Waals surface area contributed by atoms with Crippen molar-refractivity contribution < 1.29 is 13.2 Å². The molecule has 0 saturated heterocycles. The summed E-state index contributed by atoms with van der Waals surface area (Å²) in [6.45, 7) is 1.95. The zero-order valence-corrected chi connectivity index (χ0v) is 14.8. The molecule has 0 aromatic heterocycles. The third-order valence-electron chi connectivity index (χ3n) is 3.72. The number of nitrogens with one attached hydrogen (secondary N) is 1. The molecule has 0 spiro atoms. The van der Waals surface area contributed by atoms with Gasteiger partial charge < -0.3 is 4.74 Å². The van der Waals surface area contributed by atoms with E-state index in [1.54, 1.807) is 36.4 Å². The van der Waals surface area contributed by atoms with Gasteiger partial charge in [-0.1, -0.05) is 30.3 Å². The summed E-state index contributed by atoms with van der Waals surface area (Å²) < 4.78 is 33.3.